The molecule has 1 aromatic heterocycles. The molecule has 0 fully saturated rings. The van der Waals surface area contributed by atoms with E-state index in [1.54, 1.807) is 18.0 Å². The summed E-state index contributed by atoms with van der Waals surface area (Å²) in [5.41, 5.74) is 6.26. The number of nitrogens with two attached hydrogens (primary N) is 1. The number of likely N-dealkylation sites (N-methyl/N-ethyl adjacent to an activating group) is 1. The Morgan fingerprint density at radius 1 is 1.50 bits per heavy atom. The summed E-state index contributed by atoms with van der Waals surface area (Å²) < 4.78 is 6.50. The van der Waals surface area contributed by atoms with Gasteiger partial charge < -0.3 is 15.1 Å². The number of fused-ring (bicyclic) bond motifs is 1. The molecule has 5 heteroatoms. The lowest BCUT2D eigenvalue weighted by Gasteiger charge is -2.22. The second-order valence-corrected chi connectivity index (χ2v) is 5.21. The fourth-order valence-electron chi connectivity index (χ4n) is 1.65. The number of furan rings is 1. The monoisotopic (exact) mass is 310 g/mol. The highest BCUT2D eigenvalue weighted by molar-refractivity contribution is 9.10. The lowest BCUT2D eigenvalue weighted by molar-refractivity contribution is 0.0718. The fraction of sp³-hybridized carbons (Fsp3) is 0.308. The van der Waals surface area contributed by atoms with Crippen molar-refractivity contribution in [2.24, 2.45) is 5.73 Å². The van der Waals surface area contributed by atoms with Gasteiger partial charge in [0.1, 0.15) is 5.58 Å². The first-order chi connectivity index (χ1) is 8.52. The van der Waals surface area contributed by atoms with Crippen molar-refractivity contribution in [3.8, 4) is 0 Å². The van der Waals surface area contributed by atoms with Crippen molar-refractivity contribution in [2.75, 3.05) is 13.6 Å². The Kier molecular flexibility index (Phi) is 3.73. The van der Waals surface area contributed by atoms with E-state index in [0.717, 1.165) is 9.86 Å². The van der Waals surface area contributed by atoms with E-state index < -0.39 is 0 Å². The van der Waals surface area contributed by atoms with Gasteiger partial charge in [0.25, 0.3) is 5.91 Å². The third-order valence-electron chi connectivity index (χ3n) is 3.01. The van der Waals surface area contributed by atoms with Crippen molar-refractivity contribution in [3.05, 3.63) is 34.5 Å². The standard InChI is InChI=1S/C13H15BrN2O2/c1-8(7-15)16(2)13(17)12-6-9-5-10(14)3-4-11(9)18-12/h3-6,8H,7,15H2,1-2H3. The molecule has 4 nitrogen and oxygen atoms in total. The lowest BCUT2D eigenvalue weighted by Crippen LogP contribution is -2.39. The van der Waals surface area contributed by atoms with Crippen molar-refractivity contribution in [1.29, 1.82) is 0 Å². The summed E-state index contributed by atoms with van der Waals surface area (Å²) in [5.74, 6) is 0.186. The molecule has 0 bridgehead atoms. The molecule has 0 saturated heterocycles. The number of hydrogen-bond acceptors (Lipinski definition) is 3. The molecule has 0 aliphatic carbocycles. The molecule has 1 heterocycles. The maximum absolute atomic E-state index is 12.2. The molecule has 0 aliphatic rings. The summed E-state index contributed by atoms with van der Waals surface area (Å²) in [6, 6.07) is 7.37. The van der Waals surface area contributed by atoms with E-state index in [1.165, 1.54) is 0 Å². The summed E-state index contributed by atoms with van der Waals surface area (Å²) in [6.07, 6.45) is 0. The quantitative estimate of drug-likeness (QED) is 0.948. The molecule has 0 aliphatic heterocycles. The van der Waals surface area contributed by atoms with Crippen LogP contribution >= 0.6 is 15.9 Å². The van der Waals surface area contributed by atoms with Gasteiger partial charge in [0.15, 0.2) is 5.76 Å². The van der Waals surface area contributed by atoms with E-state index in [1.807, 2.05) is 25.1 Å². The molecule has 1 unspecified atom stereocenters. The van der Waals surface area contributed by atoms with E-state index in [9.17, 15) is 4.79 Å². The number of amides is 1. The summed E-state index contributed by atoms with van der Waals surface area (Å²) in [4.78, 5) is 13.8. The van der Waals surface area contributed by atoms with Gasteiger partial charge in [0, 0.05) is 29.5 Å². The molecule has 0 saturated carbocycles. The number of benzene rings is 1. The molecular formula is C13H15BrN2O2. The summed E-state index contributed by atoms with van der Waals surface area (Å²) >= 11 is 3.39. The van der Waals surface area contributed by atoms with Crippen molar-refractivity contribution >= 4 is 32.8 Å². The zero-order chi connectivity index (χ0) is 13.3. The SMILES string of the molecule is CC(CN)N(C)C(=O)c1cc2cc(Br)ccc2o1. The zero-order valence-electron chi connectivity index (χ0n) is 10.3. The van der Waals surface area contributed by atoms with Gasteiger partial charge >= 0.3 is 0 Å². The van der Waals surface area contributed by atoms with E-state index >= 15 is 0 Å². The van der Waals surface area contributed by atoms with Gasteiger partial charge in [0.2, 0.25) is 0 Å². The molecule has 96 valence electrons. The topological polar surface area (TPSA) is 59.5 Å². The van der Waals surface area contributed by atoms with Crippen molar-refractivity contribution < 1.29 is 9.21 Å². The molecule has 2 rings (SSSR count). The minimum atomic E-state index is -0.153. The highest BCUT2D eigenvalue weighted by Gasteiger charge is 2.20. The van der Waals surface area contributed by atoms with Gasteiger partial charge in [0.05, 0.1) is 0 Å². The highest BCUT2D eigenvalue weighted by Crippen LogP contribution is 2.24. The van der Waals surface area contributed by atoms with Crippen LogP contribution in [-0.4, -0.2) is 30.4 Å². The van der Waals surface area contributed by atoms with Crippen LogP contribution in [0.5, 0.6) is 0 Å². The lowest BCUT2D eigenvalue weighted by atomic mass is 10.2. The average molecular weight is 311 g/mol. The van der Waals surface area contributed by atoms with Crippen LogP contribution in [0.4, 0.5) is 0 Å². The normalized spacial score (nSPS) is 12.7. The van der Waals surface area contributed by atoms with Crippen LogP contribution in [0.2, 0.25) is 0 Å². The van der Waals surface area contributed by atoms with Crippen LogP contribution in [0.1, 0.15) is 17.5 Å². The first-order valence-corrected chi connectivity index (χ1v) is 6.48. The fourth-order valence-corrected chi connectivity index (χ4v) is 2.03. The smallest absolute Gasteiger partial charge is 0.289 e. The zero-order valence-corrected chi connectivity index (χ0v) is 11.9. The number of halogens is 1. The van der Waals surface area contributed by atoms with Crippen molar-refractivity contribution in [2.45, 2.75) is 13.0 Å². The predicted molar refractivity (Wildman–Crippen MR) is 74.5 cm³/mol. The van der Waals surface area contributed by atoms with Gasteiger partial charge in [-0.2, -0.15) is 0 Å². The Hall–Kier alpha value is -1.33. The Morgan fingerprint density at radius 2 is 2.22 bits per heavy atom. The molecule has 0 radical (unpaired) electrons. The maximum Gasteiger partial charge on any atom is 0.289 e. The molecule has 0 spiro atoms. The minimum Gasteiger partial charge on any atom is -0.451 e. The number of nitrogens with zero attached hydrogens (tertiary/aromatic N) is 1. The van der Waals surface area contributed by atoms with Crippen LogP contribution in [0, 0.1) is 0 Å². The van der Waals surface area contributed by atoms with Crippen LogP contribution in [0.3, 0.4) is 0 Å². The molecule has 1 amide bonds. The largest absolute Gasteiger partial charge is 0.451 e. The van der Waals surface area contributed by atoms with Gasteiger partial charge in [-0.1, -0.05) is 15.9 Å². The van der Waals surface area contributed by atoms with E-state index in [0.29, 0.717) is 17.9 Å². The van der Waals surface area contributed by atoms with Crippen LogP contribution in [0.15, 0.2) is 33.2 Å². The molecular weight excluding hydrogens is 296 g/mol. The van der Waals surface area contributed by atoms with Crippen molar-refractivity contribution in [1.82, 2.24) is 4.90 Å². The predicted octanol–water partition coefficient (Wildman–Crippen LogP) is 2.61. The Labute approximate surface area is 114 Å². The van der Waals surface area contributed by atoms with Gasteiger partial charge in [-0.25, -0.2) is 0 Å². The number of hydrogen-bond donors (Lipinski definition) is 1. The third-order valence-corrected chi connectivity index (χ3v) is 3.50. The number of carbonyl (C=O) groups excluding carboxylic acids is 1. The molecule has 1 atom stereocenters. The number of rotatable bonds is 3. The summed E-state index contributed by atoms with van der Waals surface area (Å²) in [7, 11) is 1.73. The van der Waals surface area contributed by atoms with Gasteiger partial charge in [-0.05, 0) is 31.2 Å². The van der Waals surface area contributed by atoms with E-state index in [2.05, 4.69) is 15.9 Å². The Balaban J connectivity index is 2.33. The molecule has 1 aromatic carbocycles. The second-order valence-electron chi connectivity index (χ2n) is 4.29. The second kappa shape index (κ2) is 5.12. The number of carbonyl (C=O) groups is 1. The van der Waals surface area contributed by atoms with E-state index in [-0.39, 0.29) is 11.9 Å². The minimum absolute atomic E-state index is 0.0163. The van der Waals surface area contributed by atoms with E-state index in [4.69, 9.17) is 10.2 Å². The van der Waals surface area contributed by atoms with Gasteiger partial charge in [-0.15, -0.1) is 0 Å². The van der Waals surface area contributed by atoms with Crippen LogP contribution in [0.25, 0.3) is 11.0 Å². The summed E-state index contributed by atoms with van der Waals surface area (Å²) in [6.45, 7) is 2.32. The van der Waals surface area contributed by atoms with Crippen LogP contribution < -0.4 is 5.73 Å². The third kappa shape index (κ3) is 2.42. The molecule has 2 N–H and O–H groups in total. The highest BCUT2D eigenvalue weighted by atomic mass is 79.9. The average Bonchev–Trinajstić information content (AvgIpc) is 2.78. The van der Waals surface area contributed by atoms with Crippen LogP contribution in [-0.2, 0) is 0 Å². The Bertz CT molecular complexity index is 579. The first kappa shape index (κ1) is 13.1. The molecule has 2 aromatic rings. The molecule has 18 heavy (non-hydrogen) atoms. The maximum atomic E-state index is 12.2. The Morgan fingerprint density at radius 3 is 2.89 bits per heavy atom. The van der Waals surface area contributed by atoms with Gasteiger partial charge in [-0.3, -0.25) is 4.79 Å². The summed E-state index contributed by atoms with van der Waals surface area (Å²) in [5, 5.41) is 0.904. The first-order valence-electron chi connectivity index (χ1n) is 5.69. The van der Waals surface area contributed by atoms with Crippen molar-refractivity contribution in [3.63, 3.8) is 0 Å².